The molecule has 1 heterocycles. The molecule has 0 aliphatic rings. The van der Waals surface area contributed by atoms with Crippen molar-refractivity contribution < 1.29 is 13.5 Å². The molecule has 1 aromatic carbocycles. The molecule has 0 saturated carbocycles. The fourth-order valence-electron chi connectivity index (χ4n) is 2.04. The molecule has 134 valence electrons. The molecule has 0 bridgehead atoms. The van der Waals surface area contributed by atoms with Crippen LogP contribution in [0.25, 0.3) is 17.7 Å². The summed E-state index contributed by atoms with van der Waals surface area (Å²) < 4.78 is 34.0. The third-order valence-corrected chi connectivity index (χ3v) is 3.42. The van der Waals surface area contributed by atoms with Crippen LogP contribution in [0.2, 0.25) is 0 Å². The lowest BCUT2D eigenvalue weighted by atomic mass is 10.1. The van der Waals surface area contributed by atoms with Crippen LogP contribution in [0.1, 0.15) is 43.6 Å². The van der Waals surface area contributed by atoms with E-state index in [4.69, 9.17) is 4.74 Å². The number of rotatable bonds is 7. The molecule has 26 heavy (non-hydrogen) atoms. The molecule has 2 aromatic rings. The van der Waals surface area contributed by atoms with Gasteiger partial charge in [-0.05, 0) is 37.6 Å². The first-order chi connectivity index (χ1) is 12.7. The van der Waals surface area contributed by atoms with Crippen molar-refractivity contribution in [3.05, 3.63) is 59.7 Å². The van der Waals surface area contributed by atoms with Gasteiger partial charge in [0.25, 0.3) is 0 Å². The molecule has 3 nitrogen and oxygen atoms in total. The van der Waals surface area contributed by atoms with Crippen LogP contribution in [0, 0.1) is 11.8 Å². The summed E-state index contributed by atoms with van der Waals surface area (Å²) in [7, 11) is 0. The Labute approximate surface area is 152 Å². The Morgan fingerprint density at radius 2 is 1.81 bits per heavy atom. The van der Waals surface area contributed by atoms with E-state index in [0.29, 0.717) is 5.75 Å². The zero-order valence-electron chi connectivity index (χ0n) is 14.8. The highest BCUT2D eigenvalue weighted by Gasteiger charge is 2.14. The average Bonchev–Trinajstić information content (AvgIpc) is 2.68. The van der Waals surface area contributed by atoms with Crippen molar-refractivity contribution in [1.82, 2.24) is 9.97 Å². The molecule has 0 radical (unpaired) electrons. The lowest BCUT2D eigenvalue weighted by Gasteiger charge is -2.04. The normalized spacial score (nSPS) is 11.7. The molecule has 0 aliphatic heterocycles. The summed E-state index contributed by atoms with van der Waals surface area (Å²) in [6, 6.07) is 5.99. The smallest absolute Gasteiger partial charge is 0.203 e. The maximum atomic E-state index is 14.3. The molecular weight excluding hydrogens is 334 g/mol. The number of hydrogen-bond donors (Lipinski definition) is 0. The minimum atomic E-state index is -1.10. The van der Waals surface area contributed by atoms with Gasteiger partial charge in [0.1, 0.15) is 12.4 Å². The van der Waals surface area contributed by atoms with Gasteiger partial charge in [0.2, 0.25) is 5.83 Å². The van der Waals surface area contributed by atoms with Crippen molar-refractivity contribution >= 4 is 17.7 Å². The van der Waals surface area contributed by atoms with Crippen LogP contribution in [0.5, 0.6) is 5.75 Å². The zero-order valence-corrected chi connectivity index (χ0v) is 14.8. The van der Waals surface area contributed by atoms with Crippen LogP contribution in [-0.4, -0.2) is 16.6 Å². The number of aromatic nitrogens is 2. The van der Waals surface area contributed by atoms with E-state index in [9.17, 15) is 8.78 Å². The van der Waals surface area contributed by atoms with Crippen molar-refractivity contribution in [2.24, 2.45) is 0 Å². The monoisotopic (exact) mass is 354 g/mol. The number of hydrogen-bond acceptors (Lipinski definition) is 3. The Morgan fingerprint density at radius 3 is 2.42 bits per heavy atom. The Hall–Kier alpha value is -3.00. The minimum Gasteiger partial charge on any atom is -0.481 e. The van der Waals surface area contributed by atoms with Gasteiger partial charge in [-0.25, -0.2) is 14.4 Å². The van der Waals surface area contributed by atoms with E-state index in [1.54, 1.807) is 19.1 Å². The van der Waals surface area contributed by atoms with Gasteiger partial charge in [0, 0.05) is 23.5 Å². The van der Waals surface area contributed by atoms with Crippen LogP contribution in [0.4, 0.5) is 8.78 Å². The third-order valence-electron chi connectivity index (χ3n) is 3.42. The summed E-state index contributed by atoms with van der Waals surface area (Å²) in [6.07, 6.45) is 8.75. The minimum absolute atomic E-state index is 0.0898. The van der Waals surface area contributed by atoms with E-state index >= 15 is 0 Å². The molecule has 0 saturated heterocycles. The van der Waals surface area contributed by atoms with Gasteiger partial charge in [-0.15, -0.1) is 5.92 Å². The topological polar surface area (TPSA) is 35.0 Å². The van der Waals surface area contributed by atoms with Gasteiger partial charge in [0.05, 0.1) is 0 Å². The van der Waals surface area contributed by atoms with E-state index < -0.39 is 11.7 Å². The average molecular weight is 354 g/mol. The first-order valence-corrected chi connectivity index (χ1v) is 8.32. The van der Waals surface area contributed by atoms with E-state index in [2.05, 4.69) is 28.7 Å². The van der Waals surface area contributed by atoms with Gasteiger partial charge < -0.3 is 4.74 Å². The Balaban J connectivity index is 2.13. The Morgan fingerprint density at radius 1 is 1.12 bits per heavy atom. The van der Waals surface area contributed by atoms with Gasteiger partial charge in [0.15, 0.2) is 11.7 Å². The highest BCUT2D eigenvalue weighted by atomic mass is 19.2. The van der Waals surface area contributed by atoms with Gasteiger partial charge >= 0.3 is 0 Å². The molecule has 0 N–H and O–H groups in total. The van der Waals surface area contributed by atoms with Crippen LogP contribution in [-0.2, 0) is 0 Å². The van der Waals surface area contributed by atoms with Gasteiger partial charge in [-0.1, -0.05) is 31.4 Å². The highest BCUT2D eigenvalue weighted by molar-refractivity contribution is 5.80. The zero-order chi connectivity index (χ0) is 18.8. The summed E-state index contributed by atoms with van der Waals surface area (Å²) in [5, 5.41) is 0. The SMILES string of the molecule is CC#CCOc1ccc(/C(F)=C(/F)c2ncc(/C=C/CCC)cn2)cc1. The van der Waals surface area contributed by atoms with E-state index in [-0.39, 0.29) is 18.0 Å². The lowest BCUT2D eigenvalue weighted by Crippen LogP contribution is -1.95. The van der Waals surface area contributed by atoms with Crippen molar-refractivity contribution in [1.29, 1.82) is 0 Å². The fourth-order valence-corrected chi connectivity index (χ4v) is 2.04. The second-order valence-electron chi connectivity index (χ2n) is 5.40. The van der Waals surface area contributed by atoms with E-state index in [1.165, 1.54) is 24.5 Å². The third kappa shape index (κ3) is 5.52. The molecule has 2 rings (SSSR count). The van der Waals surface area contributed by atoms with Crippen LogP contribution >= 0.6 is 0 Å². The molecule has 0 amide bonds. The number of unbranched alkanes of at least 4 members (excludes halogenated alkanes) is 1. The predicted octanol–water partition coefficient (Wildman–Crippen LogP) is 5.46. The Kier molecular flexibility index (Phi) is 7.50. The number of allylic oxidation sites excluding steroid dienone is 1. The van der Waals surface area contributed by atoms with Crippen LogP contribution in [0.15, 0.2) is 42.7 Å². The molecule has 1 aromatic heterocycles. The van der Waals surface area contributed by atoms with Gasteiger partial charge in [-0.2, -0.15) is 4.39 Å². The second-order valence-corrected chi connectivity index (χ2v) is 5.40. The molecule has 0 fully saturated rings. The number of ether oxygens (including phenoxy) is 1. The largest absolute Gasteiger partial charge is 0.481 e. The van der Waals surface area contributed by atoms with Crippen molar-refractivity contribution in [2.75, 3.05) is 6.61 Å². The maximum Gasteiger partial charge on any atom is 0.203 e. The fraction of sp³-hybridized carbons (Fsp3) is 0.238. The summed E-state index contributed by atoms with van der Waals surface area (Å²) in [5.74, 6) is 3.60. The molecule has 0 atom stereocenters. The number of nitrogens with zero attached hydrogens (tertiary/aromatic N) is 2. The number of halogens is 2. The van der Waals surface area contributed by atoms with E-state index in [1.807, 2.05) is 12.2 Å². The number of benzene rings is 1. The highest BCUT2D eigenvalue weighted by Crippen LogP contribution is 2.28. The van der Waals surface area contributed by atoms with Crippen LogP contribution in [0.3, 0.4) is 0 Å². The predicted molar refractivity (Wildman–Crippen MR) is 100 cm³/mol. The molecule has 0 spiro atoms. The lowest BCUT2D eigenvalue weighted by molar-refractivity contribution is 0.370. The molecule has 0 aliphatic carbocycles. The first kappa shape index (κ1) is 19.3. The molecule has 0 unspecified atom stereocenters. The molecular formula is C21H20F2N2O. The summed E-state index contributed by atoms with van der Waals surface area (Å²) in [4.78, 5) is 7.79. The summed E-state index contributed by atoms with van der Waals surface area (Å²) >= 11 is 0. The maximum absolute atomic E-state index is 14.3. The van der Waals surface area contributed by atoms with Crippen molar-refractivity contribution in [3.63, 3.8) is 0 Å². The van der Waals surface area contributed by atoms with Crippen molar-refractivity contribution in [3.8, 4) is 17.6 Å². The Bertz CT molecular complexity index is 829. The quantitative estimate of drug-likeness (QED) is 0.620. The second kappa shape index (κ2) is 10.1. The van der Waals surface area contributed by atoms with Crippen LogP contribution < -0.4 is 4.74 Å². The van der Waals surface area contributed by atoms with Crippen molar-refractivity contribution in [2.45, 2.75) is 26.7 Å². The summed E-state index contributed by atoms with van der Waals surface area (Å²) in [5.41, 5.74) is 0.832. The van der Waals surface area contributed by atoms with Gasteiger partial charge in [-0.3, -0.25) is 0 Å². The first-order valence-electron chi connectivity index (χ1n) is 8.32. The summed E-state index contributed by atoms with van der Waals surface area (Å²) in [6.45, 7) is 4.03. The molecule has 5 heteroatoms. The van der Waals surface area contributed by atoms with E-state index in [0.717, 1.165) is 18.4 Å². The standard InChI is InChI=1S/C21H20F2N2O/c1-3-5-7-8-16-14-24-21(25-15-16)20(23)19(22)17-9-11-18(12-10-17)26-13-6-4-2/h7-12,14-15H,3,5,13H2,1-2H3/b8-7+,20-19-.